The molecule has 0 radical (unpaired) electrons. The minimum absolute atomic E-state index is 0.306. The number of nitrogens with zero attached hydrogens (tertiary/aromatic N) is 3. The highest BCUT2D eigenvalue weighted by Gasteiger charge is 2.06. The Hall–Kier alpha value is -1.68. The molecule has 2 aromatic rings. The predicted molar refractivity (Wildman–Crippen MR) is 67.4 cm³/mol. The first kappa shape index (κ1) is 11.8. The van der Waals surface area contributed by atoms with Gasteiger partial charge in [0.25, 0.3) is 0 Å². The number of hydrogen-bond acceptors (Lipinski definition) is 3. The second kappa shape index (κ2) is 5.59. The third-order valence-electron chi connectivity index (χ3n) is 2.91. The van der Waals surface area contributed by atoms with Gasteiger partial charge in [-0.15, -0.1) is 0 Å². The van der Waals surface area contributed by atoms with E-state index in [2.05, 4.69) is 33.7 Å². The number of aryl methyl sites for hydroxylation is 1. The first-order chi connectivity index (χ1) is 8.31. The molecule has 0 aliphatic heterocycles. The van der Waals surface area contributed by atoms with Crippen molar-refractivity contribution in [2.24, 2.45) is 0 Å². The second-order valence-corrected chi connectivity index (χ2v) is 4.01. The van der Waals surface area contributed by atoms with Crippen LogP contribution < -0.4 is 5.32 Å². The fraction of sp³-hybridized carbons (Fsp3) is 0.385. The summed E-state index contributed by atoms with van der Waals surface area (Å²) >= 11 is 0. The summed E-state index contributed by atoms with van der Waals surface area (Å²) < 4.78 is 2.15. The van der Waals surface area contributed by atoms with E-state index < -0.39 is 0 Å². The van der Waals surface area contributed by atoms with Gasteiger partial charge in [-0.2, -0.15) is 0 Å². The van der Waals surface area contributed by atoms with Crippen molar-refractivity contribution >= 4 is 0 Å². The molecule has 0 amide bonds. The molecule has 1 N–H and O–H groups in total. The Morgan fingerprint density at radius 3 is 2.76 bits per heavy atom. The fourth-order valence-corrected chi connectivity index (χ4v) is 1.81. The van der Waals surface area contributed by atoms with Crippen LogP contribution >= 0.6 is 0 Å². The number of imidazole rings is 1. The predicted octanol–water partition coefficient (Wildman–Crippen LogP) is 2.15. The zero-order valence-electron chi connectivity index (χ0n) is 10.3. The van der Waals surface area contributed by atoms with E-state index in [1.54, 1.807) is 0 Å². The van der Waals surface area contributed by atoms with Crippen molar-refractivity contribution in [3.63, 3.8) is 0 Å². The lowest BCUT2D eigenvalue weighted by molar-refractivity contribution is 0.540. The molecule has 0 aliphatic carbocycles. The van der Waals surface area contributed by atoms with Crippen LogP contribution in [0.1, 0.15) is 31.3 Å². The first-order valence-electron chi connectivity index (χ1n) is 5.94. The molecular formula is C13H18N4. The molecule has 4 heteroatoms. The van der Waals surface area contributed by atoms with Crippen LogP contribution in [0.2, 0.25) is 0 Å². The summed E-state index contributed by atoms with van der Waals surface area (Å²) in [5, 5.41) is 3.46. The van der Waals surface area contributed by atoms with Crippen molar-refractivity contribution in [1.82, 2.24) is 19.9 Å². The summed E-state index contributed by atoms with van der Waals surface area (Å²) in [7, 11) is 0. The van der Waals surface area contributed by atoms with Crippen LogP contribution in [0.25, 0.3) is 0 Å². The van der Waals surface area contributed by atoms with Crippen LogP contribution in [-0.4, -0.2) is 14.5 Å². The molecule has 1 unspecified atom stereocenters. The number of nitrogens with one attached hydrogen (secondary N) is 1. The average Bonchev–Trinajstić information content (AvgIpc) is 2.84. The Morgan fingerprint density at radius 2 is 2.06 bits per heavy atom. The monoisotopic (exact) mass is 230 g/mol. The summed E-state index contributed by atoms with van der Waals surface area (Å²) in [5.74, 6) is 1.08. The van der Waals surface area contributed by atoms with Crippen molar-refractivity contribution < 1.29 is 0 Å². The van der Waals surface area contributed by atoms with E-state index in [4.69, 9.17) is 0 Å². The van der Waals surface area contributed by atoms with Crippen molar-refractivity contribution in [3.05, 3.63) is 48.3 Å². The van der Waals surface area contributed by atoms with Crippen LogP contribution in [0.3, 0.4) is 0 Å². The Kier molecular flexibility index (Phi) is 3.88. The Balaban J connectivity index is 1.95. The lowest BCUT2D eigenvalue weighted by Crippen LogP contribution is -2.20. The van der Waals surface area contributed by atoms with Crippen LogP contribution in [0.15, 0.2) is 36.9 Å². The number of pyridine rings is 1. The maximum atomic E-state index is 4.34. The number of hydrogen-bond donors (Lipinski definition) is 1. The summed E-state index contributed by atoms with van der Waals surface area (Å²) in [4.78, 5) is 8.36. The lowest BCUT2D eigenvalue weighted by Gasteiger charge is -2.14. The highest BCUT2D eigenvalue weighted by atomic mass is 15.1. The van der Waals surface area contributed by atoms with E-state index in [1.807, 2.05) is 36.9 Å². The largest absolute Gasteiger partial charge is 0.334 e. The van der Waals surface area contributed by atoms with Crippen LogP contribution in [0, 0.1) is 0 Å². The molecule has 90 valence electrons. The topological polar surface area (TPSA) is 42.7 Å². The van der Waals surface area contributed by atoms with Crippen molar-refractivity contribution in [2.45, 2.75) is 33.0 Å². The third kappa shape index (κ3) is 2.91. The van der Waals surface area contributed by atoms with E-state index in [-0.39, 0.29) is 0 Å². The zero-order valence-corrected chi connectivity index (χ0v) is 10.3. The molecule has 0 bridgehead atoms. The minimum Gasteiger partial charge on any atom is -0.334 e. The molecule has 17 heavy (non-hydrogen) atoms. The molecule has 1 atom stereocenters. The zero-order chi connectivity index (χ0) is 12.1. The van der Waals surface area contributed by atoms with Gasteiger partial charge in [0.15, 0.2) is 0 Å². The highest BCUT2D eigenvalue weighted by Crippen LogP contribution is 2.10. The summed E-state index contributed by atoms with van der Waals surface area (Å²) in [6.45, 7) is 6.01. The Morgan fingerprint density at radius 1 is 1.29 bits per heavy atom. The number of aromatic nitrogens is 3. The molecule has 2 rings (SSSR count). The summed E-state index contributed by atoms with van der Waals surface area (Å²) in [6, 6.07) is 4.37. The Bertz CT molecular complexity index is 449. The maximum Gasteiger partial charge on any atom is 0.122 e. The average molecular weight is 230 g/mol. The summed E-state index contributed by atoms with van der Waals surface area (Å²) in [6.07, 6.45) is 7.49. The molecule has 0 aromatic carbocycles. The van der Waals surface area contributed by atoms with Gasteiger partial charge < -0.3 is 9.88 Å². The van der Waals surface area contributed by atoms with Crippen LogP contribution in [0.5, 0.6) is 0 Å². The lowest BCUT2D eigenvalue weighted by atomic mass is 10.1. The molecule has 0 spiro atoms. The molecule has 0 aliphatic rings. The van der Waals surface area contributed by atoms with Gasteiger partial charge in [0.2, 0.25) is 0 Å². The van der Waals surface area contributed by atoms with E-state index in [0.29, 0.717) is 6.04 Å². The molecule has 2 heterocycles. The van der Waals surface area contributed by atoms with Gasteiger partial charge in [-0.1, -0.05) is 0 Å². The molecular weight excluding hydrogens is 212 g/mol. The summed E-state index contributed by atoms with van der Waals surface area (Å²) in [5.41, 5.74) is 1.25. The number of rotatable bonds is 5. The van der Waals surface area contributed by atoms with E-state index in [0.717, 1.165) is 18.9 Å². The molecule has 0 fully saturated rings. The van der Waals surface area contributed by atoms with Crippen molar-refractivity contribution in [2.75, 3.05) is 0 Å². The SMILES string of the molecule is CCn1ccnc1CNC(C)c1ccncc1. The first-order valence-corrected chi connectivity index (χ1v) is 5.94. The quantitative estimate of drug-likeness (QED) is 0.855. The molecule has 4 nitrogen and oxygen atoms in total. The normalized spacial score (nSPS) is 12.6. The van der Waals surface area contributed by atoms with E-state index >= 15 is 0 Å². The van der Waals surface area contributed by atoms with Gasteiger partial charge >= 0.3 is 0 Å². The molecule has 0 saturated heterocycles. The second-order valence-electron chi connectivity index (χ2n) is 4.01. The minimum atomic E-state index is 0.306. The molecule has 2 aromatic heterocycles. The van der Waals surface area contributed by atoms with Crippen molar-refractivity contribution in [3.8, 4) is 0 Å². The van der Waals surface area contributed by atoms with E-state index in [1.165, 1.54) is 5.56 Å². The molecule has 0 saturated carbocycles. The standard InChI is InChI=1S/C13H18N4/c1-3-17-9-8-15-13(17)10-16-11(2)12-4-6-14-7-5-12/h4-9,11,16H,3,10H2,1-2H3. The van der Waals surface area contributed by atoms with Gasteiger partial charge in [-0.3, -0.25) is 4.98 Å². The maximum absolute atomic E-state index is 4.34. The smallest absolute Gasteiger partial charge is 0.122 e. The Labute approximate surface area is 102 Å². The fourth-order valence-electron chi connectivity index (χ4n) is 1.81. The van der Waals surface area contributed by atoms with Crippen molar-refractivity contribution in [1.29, 1.82) is 0 Å². The van der Waals surface area contributed by atoms with Gasteiger partial charge in [-0.05, 0) is 31.5 Å². The van der Waals surface area contributed by atoms with Gasteiger partial charge in [-0.25, -0.2) is 4.98 Å². The van der Waals surface area contributed by atoms with Gasteiger partial charge in [0, 0.05) is 37.4 Å². The van der Waals surface area contributed by atoms with Gasteiger partial charge in [0.1, 0.15) is 5.82 Å². The van der Waals surface area contributed by atoms with Crippen LogP contribution in [0.4, 0.5) is 0 Å². The van der Waals surface area contributed by atoms with Gasteiger partial charge in [0.05, 0.1) is 6.54 Å². The van der Waals surface area contributed by atoms with Crippen LogP contribution in [-0.2, 0) is 13.1 Å². The van der Waals surface area contributed by atoms with E-state index in [9.17, 15) is 0 Å². The highest BCUT2D eigenvalue weighted by molar-refractivity contribution is 5.14. The third-order valence-corrected chi connectivity index (χ3v) is 2.91.